The maximum absolute atomic E-state index is 12.8. The number of carbonyl (C=O) groups excluding carboxylic acids is 1. The third-order valence-corrected chi connectivity index (χ3v) is 5.45. The molecule has 0 radical (unpaired) electrons. The fourth-order valence-corrected chi connectivity index (χ4v) is 3.25. The van der Waals surface area contributed by atoms with Crippen LogP contribution in [-0.2, 0) is 21.5 Å². The molecule has 0 atom stereocenters. The molecule has 0 bridgehead atoms. The molecule has 0 N–H and O–H groups in total. The number of benzene rings is 2. The van der Waals surface area contributed by atoms with Crippen molar-refractivity contribution >= 4 is 27.8 Å². The summed E-state index contributed by atoms with van der Waals surface area (Å²) in [5.74, 6) is 0.160. The van der Waals surface area contributed by atoms with E-state index in [1.165, 1.54) is 25.1 Å². The summed E-state index contributed by atoms with van der Waals surface area (Å²) in [6.45, 7) is 6.40. The molecule has 0 aliphatic rings. The number of rotatable bonds is 10. The second kappa shape index (κ2) is 10.7. The molecule has 0 saturated heterocycles. The molecular weight excluding hydrogens is 420 g/mol. The van der Waals surface area contributed by atoms with Crippen LogP contribution in [0, 0.1) is 16.0 Å². The van der Waals surface area contributed by atoms with Crippen LogP contribution in [0.2, 0.25) is 0 Å². The van der Waals surface area contributed by atoms with Crippen molar-refractivity contribution in [1.82, 2.24) is 4.90 Å². The average molecular weight is 447 g/mol. The van der Waals surface area contributed by atoms with Crippen LogP contribution in [0.1, 0.15) is 31.9 Å². The second-order valence-corrected chi connectivity index (χ2v) is 9.23. The molecule has 2 rings (SSSR count). The van der Waals surface area contributed by atoms with Gasteiger partial charge < -0.3 is 9.08 Å². The zero-order chi connectivity index (χ0) is 23.0. The van der Waals surface area contributed by atoms with Crippen LogP contribution in [0.4, 0.5) is 5.69 Å². The minimum atomic E-state index is -3.59. The van der Waals surface area contributed by atoms with E-state index in [0.717, 1.165) is 5.56 Å². The number of nitro groups is 1. The Morgan fingerprint density at radius 1 is 1.13 bits per heavy atom. The quantitative estimate of drug-likeness (QED) is 0.236. The third-order valence-electron chi connectivity index (χ3n) is 4.29. The maximum Gasteiger partial charge on any atom is 0.308 e. The van der Waals surface area contributed by atoms with Crippen molar-refractivity contribution in [2.45, 2.75) is 27.3 Å². The Morgan fingerprint density at radius 3 is 2.26 bits per heavy atom. The van der Waals surface area contributed by atoms with E-state index < -0.39 is 15.0 Å². The lowest BCUT2D eigenvalue weighted by Gasteiger charge is -2.23. The van der Waals surface area contributed by atoms with Crippen molar-refractivity contribution in [2.75, 3.05) is 12.3 Å². The van der Waals surface area contributed by atoms with Crippen LogP contribution >= 0.6 is 0 Å². The van der Waals surface area contributed by atoms with Crippen molar-refractivity contribution in [3.63, 3.8) is 0 Å². The van der Waals surface area contributed by atoms with Crippen LogP contribution in [-0.4, -0.2) is 36.4 Å². The standard InChI is InChI=1S/C22H26N2O6S/c1-4-31(28,29)30-21-12-7-19(8-13-21)16-23(15-17(2)3)22(25)14-9-18-5-10-20(11-6-18)24(26)27/h5-14,17H,4,15-16H2,1-3H3/b14-9+. The SMILES string of the molecule is CCS(=O)(=O)Oc1ccc(CN(CC(C)C)C(=O)/C=C/c2ccc([N+](=O)[O-])cc2)cc1. The predicted octanol–water partition coefficient (Wildman–Crippen LogP) is 4.02. The van der Waals surface area contributed by atoms with Gasteiger partial charge in [0, 0.05) is 31.3 Å². The molecule has 0 heterocycles. The first-order valence-electron chi connectivity index (χ1n) is 9.82. The van der Waals surface area contributed by atoms with Gasteiger partial charge in [-0.15, -0.1) is 0 Å². The first-order chi connectivity index (χ1) is 14.6. The van der Waals surface area contributed by atoms with Gasteiger partial charge in [0.15, 0.2) is 0 Å². The van der Waals surface area contributed by atoms with Crippen molar-refractivity contribution in [3.8, 4) is 5.75 Å². The Hall–Kier alpha value is -3.20. The summed E-state index contributed by atoms with van der Waals surface area (Å²) in [5, 5.41) is 10.7. The molecular formula is C22H26N2O6S. The van der Waals surface area contributed by atoms with Gasteiger partial charge >= 0.3 is 10.1 Å². The fourth-order valence-electron chi connectivity index (χ4n) is 2.73. The maximum atomic E-state index is 12.8. The normalized spacial score (nSPS) is 11.6. The summed E-state index contributed by atoms with van der Waals surface area (Å²) in [7, 11) is -3.59. The highest BCUT2D eigenvalue weighted by molar-refractivity contribution is 7.87. The Morgan fingerprint density at radius 2 is 1.74 bits per heavy atom. The van der Waals surface area contributed by atoms with E-state index >= 15 is 0 Å². The first-order valence-corrected chi connectivity index (χ1v) is 11.4. The third kappa shape index (κ3) is 7.86. The van der Waals surface area contributed by atoms with Gasteiger partial charge in [0.25, 0.3) is 5.69 Å². The second-order valence-electron chi connectivity index (χ2n) is 7.37. The van der Waals surface area contributed by atoms with Gasteiger partial charge in [0.05, 0.1) is 10.7 Å². The minimum absolute atomic E-state index is 0.0101. The Balaban J connectivity index is 2.10. The van der Waals surface area contributed by atoms with Gasteiger partial charge in [-0.1, -0.05) is 26.0 Å². The molecule has 166 valence electrons. The summed E-state index contributed by atoms with van der Waals surface area (Å²) < 4.78 is 28.1. The van der Waals surface area contributed by atoms with E-state index in [9.17, 15) is 23.3 Å². The zero-order valence-corrected chi connectivity index (χ0v) is 18.5. The molecule has 0 aliphatic heterocycles. The average Bonchev–Trinajstić information content (AvgIpc) is 2.72. The molecule has 0 spiro atoms. The largest absolute Gasteiger partial charge is 0.382 e. The summed E-state index contributed by atoms with van der Waals surface area (Å²) in [5.41, 5.74) is 1.50. The summed E-state index contributed by atoms with van der Waals surface area (Å²) in [4.78, 5) is 24.7. The number of hydrogen-bond donors (Lipinski definition) is 0. The van der Waals surface area contributed by atoms with Gasteiger partial charge in [-0.2, -0.15) is 8.42 Å². The topological polar surface area (TPSA) is 107 Å². The van der Waals surface area contributed by atoms with Crippen molar-refractivity contribution in [2.24, 2.45) is 5.92 Å². The molecule has 2 aromatic carbocycles. The molecule has 9 heteroatoms. The number of nitro benzene ring substituents is 1. The first kappa shape index (κ1) is 24.1. The highest BCUT2D eigenvalue weighted by Gasteiger charge is 2.14. The summed E-state index contributed by atoms with van der Waals surface area (Å²) in [6, 6.07) is 12.5. The van der Waals surface area contributed by atoms with E-state index in [2.05, 4.69) is 0 Å². The number of nitrogens with zero attached hydrogens (tertiary/aromatic N) is 2. The van der Waals surface area contributed by atoms with Crippen molar-refractivity contribution in [1.29, 1.82) is 0 Å². The Kier molecular flexibility index (Phi) is 8.32. The smallest absolute Gasteiger partial charge is 0.308 e. The van der Waals surface area contributed by atoms with Gasteiger partial charge in [-0.25, -0.2) is 0 Å². The van der Waals surface area contributed by atoms with Gasteiger partial charge in [0.1, 0.15) is 5.75 Å². The van der Waals surface area contributed by atoms with Crippen molar-refractivity contribution in [3.05, 3.63) is 75.8 Å². The van der Waals surface area contributed by atoms with Gasteiger partial charge in [-0.05, 0) is 54.3 Å². The number of amides is 1. The molecule has 1 amide bonds. The lowest BCUT2D eigenvalue weighted by Crippen LogP contribution is -2.32. The molecule has 0 aromatic heterocycles. The highest BCUT2D eigenvalue weighted by atomic mass is 32.2. The lowest BCUT2D eigenvalue weighted by molar-refractivity contribution is -0.384. The summed E-state index contributed by atoms with van der Waals surface area (Å²) in [6.07, 6.45) is 3.06. The fraction of sp³-hybridized carbons (Fsp3) is 0.318. The van der Waals surface area contributed by atoms with E-state index in [-0.39, 0.29) is 29.0 Å². The van der Waals surface area contributed by atoms with Gasteiger partial charge in [-0.3, -0.25) is 14.9 Å². The van der Waals surface area contributed by atoms with E-state index in [0.29, 0.717) is 18.7 Å². The minimum Gasteiger partial charge on any atom is -0.382 e. The monoisotopic (exact) mass is 446 g/mol. The van der Waals surface area contributed by atoms with Crippen LogP contribution in [0.5, 0.6) is 5.75 Å². The van der Waals surface area contributed by atoms with Crippen LogP contribution in [0.3, 0.4) is 0 Å². The van der Waals surface area contributed by atoms with Crippen molar-refractivity contribution < 1.29 is 22.3 Å². The number of carbonyl (C=O) groups is 1. The lowest BCUT2D eigenvalue weighted by atomic mass is 10.1. The Bertz CT molecular complexity index is 1030. The van der Waals surface area contributed by atoms with Crippen LogP contribution in [0.25, 0.3) is 6.08 Å². The molecule has 0 saturated carbocycles. The van der Waals surface area contributed by atoms with Crippen LogP contribution < -0.4 is 4.18 Å². The number of hydrogen-bond acceptors (Lipinski definition) is 6. The van der Waals surface area contributed by atoms with Gasteiger partial charge in [0.2, 0.25) is 5.91 Å². The van der Waals surface area contributed by atoms with E-state index in [1.54, 1.807) is 47.4 Å². The van der Waals surface area contributed by atoms with Crippen LogP contribution in [0.15, 0.2) is 54.6 Å². The highest BCUT2D eigenvalue weighted by Crippen LogP contribution is 2.17. The summed E-state index contributed by atoms with van der Waals surface area (Å²) >= 11 is 0. The molecule has 8 nitrogen and oxygen atoms in total. The molecule has 0 unspecified atom stereocenters. The molecule has 0 fully saturated rings. The Labute approximate surface area is 182 Å². The number of non-ortho nitro benzene ring substituents is 1. The van der Waals surface area contributed by atoms with E-state index in [1.807, 2.05) is 13.8 Å². The molecule has 31 heavy (non-hydrogen) atoms. The van der Waals surface area contributed by atoms with E-state index in [4.69, 9.17) is 4.18 Å². The molecule has 0 aliphatic carbocycles. The predicted molar refractivity (Wildman–Crippen MR) is 119 cm³/mol. The molecule has 2 aromatic rings. The zero-order valence-electron chi connectivity index (χ0n) is 17.7.